The van der Waals surface area contributed by atoms with Gasteiger partial charge in [-0.25, -0.2) is 15.4 Å². The summed E-state index contributed by atoms with van der Waals surface area (Å²) < 4.78 is 5.27. The van der Waals surface area contributed by atoms with Gasteiger partial charge in [0, 0.05) is 30.5 Å². The molecule has 2 aliphatic rings. The third-order valence-electron chi connectivity index (χ3n) is 6.39. The highest BCUT2D eigenvalue weighted by Gasteiger charge is 2.41. The number of aromatic nitrogens is 2. The first kappa shape index (κ1) is 20.3. The van der Waals surface area contributed by atoms with E-state index in [1.807, 2.05) is 26.0 Å². The van der Waals surface area contributed by atoms with Crippen LogP contribution in [0.1, 0.15) is 58.0 Å². The Morgan fingerprint density at radius 3 is 2.87 bits per heavy atom. The quantitative estimate of drug-likeness (QED) is 0.713. The predicted octanol–water partition coefficient (Wildman–Crippen LogP) is 2.09. The van der Waals surface area contributed by atoms with Crippen LogP contribution in [0.3, 0.4) is 0 Å². The van der Waals surface area contributed by atoms with Gasteiger partial charge in [-0.05, 0) is 61.8 Å². The first-order chi connectivity index (χ1) is 14.5. The average Bonchev–Trinajstić information content (AvgIpc) is 3.19. The molecule has 8 nitrogen and oxygen atoms in total. The van der Waals surface area contributed by atoms with E-state index in [1.165, 1.54) is 6.20 Å². The van der Waals surface area contributed by atoms with Crippen molar-refractivity contribution in [3.63, 3.8) is 0 Å². The molecule has 1 saturated heterocycles. The number of hydrogen-bond acceptors (Lipinski definition) is 7. The second-order valence-corrected chi connectivity index (χ2v) is 8.03. The molecule has 0 aromatic carbocycles. The van der Waals surface area contributed by atoms with E-state index in [0.29, 0.717) is 29.1 Å². The van der Waals surface area contributed by atoms with Crippen molar-refractivity contribution in [2.45, 2.75) is 51.2 Å². The molecule has 2 aromatic heterocycles. The number of rotatable bonds is 4. The summed E-state index contributed by atoms with van der Waals surface area (Å²) in [5.41, 5.74) is 10.4. The lowest BCUT2D eigenvalue weighted by Crippen LogP contribution is -2.44. The van der Waals surface area contributed by atoms with Crippen LogP contribution < -0.4 is 20.9 Å². The van der Waals surface area contributed by atoms with Crippen LogP contribution >= 0.6 is 0 Å². The molecule has 8 heteroatoms. The van der Waals surface area contributed by atoms with Crippen molar-refractivity contribution in [2.24, 2.45) is 5.92 Å². The standard InChI is InChI=1S/C22H26N6O2/c1-12-13(2)20(25-11-15(12)10-23)22(29)26-16-4-5-18-17(9-16)21(28-27-18)14-6-7-24-19(8-14)30-3/h6-8,11,16-18,21,27-28H,4-5,9H2,1-3H3,(H,26,29). The summed E-state index contributed by atoms with van der Waals surface area (Å²) in [6, 6.07) is 6.63. The molecule has 1 aliphatic heterocycles. The van der Waals surface area contributed by atoms with Crippen molar-refractivity contribution < 1.29 is 9.53 Å². The van der Waals surface area contributed by atoms with Crippen LogP contribution in [0.4, 0.5) is 0 Å². The summed E-state index contributed by atoms with van der Waals surface area (Å²) in [7, 11) is 1.61. The molecule has 1 saturated carbocycles. The summed E-state index contributed by atoms with van der Waals surface area (Å²) in [6.07, 6.45) is 5.97. The second-order valence-electron chi connectivity index (χ2n) is 8.03. The van der Waals surface area contributed by atoms with Gasteiger partial charge < -0.3 is 10.1 Å². The minimum absolute atomic E-state index is 0.0730. The Morgan fingerprint density at radius 1 is 1.27 bits per heavy atom. The molecule has 2 fully saturated rings. The number of fused-ring (bicyclic) bond motifs is 1. The Balaban J connectivity index is 1.48. The fourth-order valence-corrected chi connectivity index (χ4v) is 4.55. The maximum absolute atomic E-state index is 12.9. The average molecular weight is 406 g/mol. The van der Waals surface area contributed by atoms with Gasteiger partial charge in [-0.2, -0.15) is 5.26 Å². The molecule has 0 radical (unpaired) electrons. The van der Waals surface area contributed by atoms with Crippen molar-refractivity contribution in [3.05, 3.63) is 52.5 Å². The number of amides is 1. The van der Waals surface area contributed by atoms with Crippen molar-refractivity contribution in [1.82, 2.24) is 26.1 Å². The second kappa shape index (κ2) is 8.38. The molecular formula is C22H26N6O2. The first-order valence-corrected chi connectivity index (χ1v) is 10.2. The van der Waals surface area contributed by atoms with E-state index in [-0.39, 0.29) is 18.0 Å². The van der Waals surface area contributed by atoms with Gasteiger partial charge in [0.2, 0.25) is 5.88 Å². The third kappa shape index (κ3) is 3.74. The van der Waals surface area contributed by atoms with Crippen molar-refractivity contribution >= 4 is 5.91 Å². The number of methoxy groups -OCH3 is 1. The zero-order valence-corrected chi connectivity index (χ0v) is 17.4. The lowest BCUT2D eigenvalue weighted by molar-refractivity contribution is 0.0909. The van der Waals surface area contributed by atoms with Gasteiger partial charge >= 0.3 is 0 Å². The van der Waals surface area contributed by atoms with E-state index >= 15 is 0 Å². The highest BCUT2D eigenvalue weighted by molar-refractivity contribution is 5.94. The van der Waals surface area contributed by atoms with Crippen LogP contribution in [0.15, 0.2) is 24.5 Å². The van der Waals surface area contributed by atoms with Gasteiger partial charge in [0.25, 0.3) is 5.91 Å². The Hall–Kier alpha value is -3.02. The molecule has 0 spiro atoms. The van der Waals surface area contributed by atoms with Crippen LogP contribution in [0, 0.1) is 31.1 Å². The van der Waals surface area contributed by atoms with Gasteiger partial charge in [-0.1, -0.05) is 0 Å². The molecule has 2 aromatic rings. The molecule has 156 valence electrons. The Bertz CT molecular complexity index is 1000. The summed E-state index contributed by atoms with van der Waals surface area (Å²) in [4.78, 5) is 21.3. The summed E-state index contributed by atoms with van der Waals surface area (Å²) in [6.45, 7) is 3.69. The molecule has 3 heterocycles. The minimum atomic E-state index is -0.176. The van der Waals surface area contributed by atoms with Crippen molar-refractivity contribution in [2.75, 3.05) is 7.11 Å². The molecule has 4 rings (SSSR count). The highest BCUT2D eigenvalue weighted by Crippen LogP contribution is 2.38. The van der Waals surface area contributed by atoms with E-state index in [1.54, 1.807) is 13.3 Å². The van der Waals surface area contributed by atoms with Gasteiger partial charge in [0.1, 0.15) is 11.8 Å². The number of hydrazine groups is 1. The molecule has 1 amide bonds. The van der Waals surface area contributed by atoms with Crippen LogP contribution in [0.5, 0.6) is 5.88 Å². The molecular weight excluding hydrogens is 380 g/mol. The van der Waals surface area contributed by atoms with E-state index in [4.69, 9.17) is 10.00 Å². The minimum Gasteiger partial charge on any atom is -0.481 e. The topological polar surface area (TPSA) is 112 Å². The number of nitriles is 1. The molecule has 30 heavy (non-hydrogen) atoms. The van der Waals surface area contributed by atoms with Gasteiger partial charge in [0.15, 0.2) is 0 Å². The Labute approximate surface area is 176 Å². The van der Waals surface area contributed by atoms with Gasteiger partial charge in [0.05, 0.1) is 18.7 Å². The predicted molar refractivity (Wildman–Crippen MR) is 111 cm³/mol. The number of carbonyl (C=O) groups is 1. The van der Waals surface area contributed by atoms with Crippen LogP contribution in [-0.4, -0.2) is 35.1 Å². The smallest absolute Gasteiger partial charge is 0.270 e. The summed E-state index contributed by atoms with van der Waals surface area (Å²) in [5.74, 6) is 0.758. The monoisotopic (exact) mass is 406 g/mol. The number of ether oxygens (including phenoxy) is 1. The fraction of sp³-hybridized carbons (Fsp3) is 0.455. The van der Waals surface area contributed by atoms with Gasteiger partial charge in [-0.15, -0.1) is 0 Å². The molecule has 4 atom stereocenters. The molecule has 4 unspecified atom stereocenters. The fourth-order valence-electron chi connectivity index (χ4n) is 4.55. The molecule has 3 N–H and O–H groups in total. The number of pyridine rings is 2. The lowest BCUT2D eigenvalue weighted by Gasteiger charge is -2.33. The van der Waals surface area contributed by atoms with Crippen molar-refractivity contribution in [3.8, 4) is 11.9 Å². The Kier molecular flexibility index (Phi) is 5.66. The largest absolute Gasteiger partial charge is 0.481 e. The van der Waals surface area contributed by atoms with Gasteiger partial charge in [-0.3, -0.25) is 10.2 Å². The van der Waals surface area contributed by atoms with E-state index in [2.05, 4.69) is 32.2 Å². The van der Waals surface area contributed by atoms with E-state index in [9.17, 15) is 4.79 Å². The first-order valence-electron chi connectivity index (χ1n) is 10.2. The molecule has 0 bridgehead atoms. The van der Waals surface area contributed by atoms with Crippen LogP contribution in [-0.2, 0) is 0 Å². The summed E-state index contributed by atoms with van der Waals surface area (Å²) in [5, 5.41) is 12.3. The normalized spacial score (nSPS) is 25.3. The maximum atomic E-state index is 12.9. The van der Waals surface area contributed by atoms with Crippen LogP contribution in [0.2, 0.25) is 0 Å². The summed E-state index contributed by atoms with van der Waals surface area (Å²) >= 11 is 0. The van der Waals surface area contributed by atoms with Crippen molar-refractivity contribution in [1.29, 1.82) is 5.26 Å². The highest BCUT2D eigenvalue weighted by atomic mass is 16.5. The number of carbonyl (C=O) groups excluding carboxylic acids is 1. The van der Waals surface area contributed by atoms with Crippen LogP contribution in [0.25, 0.3) is 0 Å². The number of hydrogen-bond donors (Lipinski definition) is 3. The SMILES string of the molecule is COc1cc(C2NNC3CCC(NC(=O)c4ncc(C#N)c(C)c4C)CC32)ccn1. The van der Waals surface area contributed by atoms with E-state index < -0.39 is 0 Å². The third-order valence-corrected chi connectivity index (χ3v) is 6.39. The zero-order chi connectivity index (χ0) is 21.3. The Morgan fingerprint density at radius 2 is 2.10 bits per heavy atom. The van der Waals surface area contributed by atoms with E-state index in [0.717, 1.165) is 36.0 Å². The number of nitrogens with one attached hydrogen (secondary N) is 3. The lowest BCUT2D eigenvalue weighted by atomic mass is 9.77. The molecule has 1 aliphatic carbocycles. The zero-order valence-electron chi connectivity index (χ0n) is 17.4. The number of nitrogens with zero attached hydrogens (tertiary/aromatic N) is 3. The maximum Gasteiger partial charge on any atom is 0.270 e.